The number of fused-ring (bicyclic) bond motifs is 1. The summed E-state index contributed by atoms with van der Waals surface area (Å²) in [6, 6.07) is 11.0. The summed E-state index contributed by atoms with van der Waals surface area (Å²) in [5, 5.41) is 9.44. The van der Waals surface area contributed by atoms with E-state index in [1.54, 1.807) is 45.2 Å². The molecule has 2 heterocycles. The molecule has 180 valence electrons. The Balaban J connectivity index is 1.67. The van der Waals surface area contributed by atoms with Crippen LogP contribution in [0.3, 0.4) is 0 Å². The molecule has 4 rings (SSSR count). The first kappa shape index (κ1) is 24.3. The third-order valence-electron chi connectivity index (χ3n) is 5.83. The Morgan fingerprint density at radius 2 is 1.94 bits per heavy atom. The molecule has 0 spiro atoms. The van der Waals surface area contributed by atoms with Gasteiger partial charge in [-0.25, -0.2) is 13.4 Å². The van der Waals surface area contributed by atoms with Gasteiger partial charge in [0, 0.05) is 6.04 Å². The molecule has 1 aromatic heterocycles. The van der Waals surface area contributed by atoms with Crippen molar-refractivity contribution in [2.75, 3.05) is 24.3 Å². The van der Waals surface area contributed by atoms with Crippen LogP contribution in [0.5, 0.6) is 5.75 Å². The highest BCUT2D eigenvalue weighted by molar-refractivity contribution is 7.92. The van der Waals surface area contributed by atoms with Crippen LogP contribution >= 0.6 is 11.6 Å². The molecule has 0 amide bonds. The summed E-state index contributed by atoms with van der Waals surface area (Å²) in [5.41, 5.74) is 3.58. The quantitative estimate of drug-likeness (QED) is 0.414. The summed E-state index contributed by atoms with van der Waals surface area (Å²) in [7, 11) is -1.89. The molecule has 3 aromatic rings. The minimum Gasteiger partial charge on any atom is -0.495 e. The van der Waals surface area contributed by atoms with Crippen LogP contribution in [-0.2, 0) is 16.3 Å². The molecule has 0 radical (unpaired) electrons. The number of benzene rings is 2. The standard InChI is InChI=1S/C24H28ClN5O3S/c1-14(2)34(31,32)22-8-6-5-7-19(22)28-23-18(25)13-27-24(30-23)29-20-11-16-9-10-26-15(3)17(16)12-21(20)33-4/h5-8,11-15,26H,9-10H2,1-4H3,(H2,27,28,29,30). The molecular weight excluding hydrogens is 474 g/mol. The Morgan fingerprint density at radius 1 is 1.18 bits per heavy atom. The lowest BCUT2D eigenvalue weighted by molar-refractivity contribution is 0.414. The van der Waals surface area contributed by atoms with Gasteiger partial charge in [-0.2, -0.15) is 4.98 Å². The van der Waals surface area contributed by atoms with Gasteiger partial charge in [-0.1, -0.05) is 23.7 Å². The van der Waals surface area contributed by atoms with Crippen LogP contribution in [0.2, 0.25) is 5.02 Å². The molecule has 1 aliphatic heterocycles. The molecule has 10 heteroatoms. The van der Waals surface area contributed by atoms with E-state index in [0.717, 1.165) is 18.7 Å². The monoisotopic (exact) mass is 501 g/mol. The maximum Gasteiger partial charge on any atom is 0.229 e. The highest BCUT2D eigenvalue weighted by atomic mass is 35.5. The molecule has 0 aliphatic carbocycles. The molecule has 0 saturated carbocycles. The van der Waals surface area contributed by atoms with Gasteiger partial charge in [0.1, 0.15) is 10.8 Å². The maximum absolute atomic E-state index is 12.8. The minimum atomic E-state index is -3.51. The number of hydrogen-bond acceptors (Lipinski definition) is 8. The summed E-state index contributed by atoms with van der Waals surface area (Å²) in [6.45, 7) is 6.33. The predicted octanol–water partition coefficient (Wildman–Crippen LogP) is 5.01. The lowest BCUT2D eigenvalue weighted by Crippen LogP contribution is -2.27. The zero-order chi connectivity index (χ0) is 24.5. The summed E-state index contributed by atoms with van der Waals surface area (Å²) < 4.78 is 31.2. The molecule has 34 heavy (non-hydrogen) atoms. The van der Waals surface area contributed by atoms with Crippen LogP contribution in [0.1, 0.15) is 37.9 Å². The van der Waals surface area contributed by atoms with Crippen LogP contribution in [0.15, 0.2) is 47.5 Å². The number of halogens is 1. The number of methoxy groups -OCH3 is 1. The number of nitrogens with zero attached hydrogens (tertiary/aromatic N) is 2. The molecule has 1 unspecified atom stereocenters. The van der Waals surface area contributed by atoms with Crippen molar-refractivity contribution in [1.82, 2.24) is 15.3 Å². The summed E-state index contributed by atoms with van der Waals surface area (Å²) in [4.78, 5) is 8.99. The third-order valence-corrected chi connectivity index (χ3v) is 8.32. The van der Waals surface area contributed by atoms with Crippen LogP contribution in [0.4, 0.5) is 23.1 Å². The van der Waals surface area contributed by atoms with Gasteiger partial charge in [0.25, 0.3) is 0 Å². The Hall–Kier alpha value is -2.88. The largest absolute Gasteiger partial charge is 0.495 e. The van der Waals surface area contributed by atoms with E-state index in [9.17, 15) is 8.42 Å². The van der Waals surface area contributed by atoms with E-state index in [1.807, 2.05) is 6.07 Å². The number of nitrogens with one attached hydrogen (secondary N) is 3. The zero-order valence-electron chi connectivity index (χ0n) is 19.5. The van der Waals surface area contributed by atoms with Gasteiger partial charge < -0.3 is 20.7 Å². The van der Waals surface area contributed by atoms with Crippen molar-refractivity contribution in [3.05, 3.63) is 58.7 Å². The van der Waals surface area contributed by atoms with Crippen LogP contribution < -0.4 is 20.7 Å². The first-order valence-electron chi connectivity index (χ1n) is 11.0. The zero-order valence-corrected chi connectivity index (χ0v) is 21.1. The molecular formula is C24H28ClN5O3S. The molecule has 3 N–H and O–H groups in total. The van der Waals surface area contributed by atoms with Crippen LogP contribution in [-0.4, -0.2) is 37.3 Å². The average Bonchev–Trinajstić information content (AvgIpc) is 2.81. The summed E-state index contributed by atoms with van der Waals surface area (Å²) in [5.74, 6) is 1.27. The Kier molecular flexibility index (Phi) is 6.97. The Labute approximate surface area is 205 Å². The van der Waals surface area contributed by atoms with E-state index in [1.165, 1.54) is 17.3 Å². The normalized spacial score (nSPS) is 15.6. The Bertz CT molecular complexity index is 1310. The highest BCUT2D eigenvalue weighted by Gasteiger charge is 2.23. The van der Waals surface area contributed by atoms with Crippen molar-refractivity contribution >= 4 is 44.6 Å². The first-order valence-corrected chi connectivity index (χ1v) is 13.0. The number of para-hydroxylation sites is 1. The second-order valence-corrected chi connectivity index (χ2v) is 11.3. The van der Waals surface area contributed by atoms with Gasteiger partial charge in [-0.3, -0.25) is 0 Å². The molecule has 0 bridgehead atoms. The first-order chi connectivity index (χ1) is 16.2. The number of hydrogen-bond donors (Lipinski definition) is 3. The number of rotatable bonds is 7. The van der Waals surface area contributed by atoms with E-state index in [2.05, 4.69) is 38.9 Å². The van der Waals surface area contributed by atoms with E-state index < -0.39 is 15.1 Å². The van der Waals surface area contributed by atoms with Gasteiger partial charge in [-0.05, 0) is 69.1 Å². The molecule has 8 nitrogen and oxygen atoms in total. The SMILES string of the molecule is COc1cc2c(cc1Nc1ncc(Cl)c(Nc3ccccc3S(=O)(=O)C(C)C)n1)CCNC2C. The van der Waals surface area contributed by atoms with Gasteiger partial charge in [0.05, 0.1) is 34.8 Å². The molecule has 1 atom stereocenters. The van der Waals surface area contributed by atoms with Crippen LogP contribution in [0, 0.1) is 0 Å². The number of ether oxygens (including phenoxy) is 1. The smallest absolute Gasteiger partial charge is 0.229 e. The third kappa shape index (κ3) is 4.82. The van der Waals surface area contributed by atoms with Gasteiger partial charge in [-0.15, -0.1) is 0 Å². The molecule has 1 aliphatic rings. The Morgan fingerprint density at radius 3 is 2.68 bits per heavy atom. The van der Waals surface area contributed by atoms with E-state index in [0.29, 0.717) is 23.2 Å². The summed E-state index contributed by atoms with van der Waals surface area (Å²) in [6.07, 6.45) is 2.38. The van der Waals surface area contributed by atoms with Gasteiger partial charge >= 0.3 is 0 Å². The molecule has 0 fully saturated rings. The maximum atomic E-state index is 12.8. The van der Waals surface area contributed by atoms with E-state index in [-0.39, 0.29) is 16.0 Å². The predicted molar refractivity (Wildman–Crippen MR) is 135 cm³/mol. The number of anilines is 4. The molecule has 0 saturated heterocycles. The number of aromatic nitrogens is 2. The average molecular weight is 502 g/mol. The van der Waals surface area contributed by atoms with Gasteiger partial charge in [0.15, 0.2) is 15.7 Å². The van der Waals surface area contributed by atoms with Crippen molar-refractivity contribution in [3.8, 4) is 5.75 Å². The topological polar surface area (TPSA) is 105 Å². The fourth-order valence-corrected chi connectivity index (χ4v) is 5.23. The van der Waals surface area contributed by atoms with Gasteiger partial charge in [0.2, 0.25) is 5.95 Å². The van der Waals surface area contributed by atoms with Crippen molar-refractivity contribution in [2.45, 2.75) is 43.4 Å². The van der Waals surface area contributed by atoms with Crippen molar-refractivity contribution in [2.24, 2.45) is 0 Å². The van der Waals surface area contributed by atoms with Crippen LogP contribution in [0.25, 0.3) is 0 Å². The van der Waals surface area contributed by atoms with E-state index >= 15 is 0 Å². The second-order valence-electron chi connectivity index (χ2n) is 8.41. The highest BCUT2D eigenvalue weighted by Crippen LogP contribution is 2.36. The van der Waals surface area contributed by atoms with Crippen molar-refractivity contribution < 1.29 is 13.2 Å². The minimum absolute atomic E-state index is 0.188. The second kappa shape index (κ2) is 9.77. The van der Waals surface area contributed by atoms with Crippen molar-refractivity contribution in [3.63, 3.8) is 0 Å². The fourth-order valence-electron chi connectivity index (χ4n) is 3.89. The lowest BCUT2D eigenvalue weighted by atomic mass is 9.94. The number of sulfone groups is 1. The van der Waals surface area contributed by atoms with Crippen molar-refractivity contribution in [1.29, 1.82) is 0 Å². The molecule has 2 aromatic carbocycles. The lowest BCUT2D eigenvalue weighted by Gasteiger charge is -2.25. The van der Waals surface area contributed by atoms with E-state index in [4.69, 9.17) is 16.3 Å². The summed E-state index contributed by atoms with van der Waals surface area (Å²) >= 11 is 6.35. The fraction of sp³-hybridized carbons (Fsp3) is 0.333.